The molecular formula is C23H21ClN2O4. The van der Waals surface area contributed by atoms with Crippen LogP contribution in [0, 0.1) is 0 Å². The van der Waals surface area contributed by atoms with Gasteiger partial charge < -0.3 is 19.3 Å². The summed E-state index contributed by atoms with van der Waals surface area (Å²) in [6, 6.07) is 13.3. The van der Waals surface area contributed by atoms with Crippen LogP contribution in [0.3, 0.4) is 0 Å². The smallest absolute Gasteiger partial charge is 0.231 e. The van der Waals surface area contributed by atoms with Crippen LogP contribution in [0.25, 0.3) is 0 Å². The van der Waals surface area contributed by atoms with Crippen molar-refractivity contribution in [2.45, 2.75) is 19.2 Å². The highest BCUT2D eigenvalue weighted by atomic mass is 35.5. The van der Waals surface area contributed by atoms with Gasteiger partial charge in [-0.1, -0.05) is 17.7 Å². The van der Waals surface area contributed by atoms with Gasteiger partial charge in [0.2, 0.25) is 6.79 Å². The third-order valence-corrected chi connectivity index (χ3v) is 5.77. The highest BCUT2D eigenvalue weighted by Crippen LogP contribution is 2.38. The van der Waals surface area contributed by atoms with Crippen LogP contribution >= 0.6 is 11.6 Å². The van der Waals surface area contributed by atoms with Crippen molar-refractivity contribution < 1.29 is 19.3 Å². The molecular weight excluding hydrogens is 404 g/mol. The van der Waals surface area contributed by atoms with E-state index in [1.165, 1.54) is 0 Å². The Bertz CT molecular complexity index is 1060. The van der Waals surface area contributed by atoms with Gasteiger partial charge in [0, 0.05) is 48.7 Å². The topological polar surface area (TPSA) is 64.1 Å². The van der Waals surface area contributed by atoms with Gasteiger partial charge in [-0.15, -0.1) is 0 Å². The molecule has 0 amide bonds. The van der Waals surface area contributed by atoms with Crippen molar-refractivity contribution in [1.82, 2.24) is 9.88 Å². The summed E-state index contributed by atoms with van der Waals surface area (Å²) in [7, 11) is 0. The summed E-state index contributed by atoms with van der Waals surface area (Å²) < 4.78 is 16.8. The van der Waals surface area contributed by atoms with Crippen LogP contribution in [-0.2, 0) is 13.1 Å². The van der Waals surface area contributed by atoms with Crippen LogP contribution in [0.4, 0.5) is 0 Å². The van der Waals surface area contributed by atoms with Crippen molar-refractivity contribution in [2.24, 2.45) is 0 Å². The van der Waals surface area contributed by atoms with Gasteiger partial charge in [0.25, 0.3) is 0 Å². The van der Waals surface area contributed by atoms with Crippen LogP contribution in [0.1, 0.15) is 28.4 Å². The number of fused-ring (bicyclic) bond motifs is 2. The lowest BCUT2D eigenvalue weighted by Crippen LogP contribution is -2.25. The third-order valence-electron chi connectivity index (χ3n) is 5.42. The van der Waals surface area contributed by atoms with Crippen molar-refractivity contribution in [2.75, 3.05) is 19.9 Å². The molecule has 6 nitrogen and oxygen atoms in total. The standard InChI is InChI=1S/C23H21ClN2O4/c24-19-11-22-21(29-14-30-22)10-17(19)12-26-7-8-28-20-2-1-16(9-18(20)13-26)23(27)15-3-5-25-6-4-15/h1-6,9-11,23,27H,7-8,12-14H2. The number of aromatic nitrogens is 1. The van der Waals surface area contributed by atoms with Gasteiger partial charge in [0.05, 0.1) is 0 Å². The van der Waals surface area contributed by atoms with E-state index in [0.29, 0.717) is 30.5 Å². The molecule has 2 aliphatic rings. The largest absolute Gasteiger partial charge is 0.492 e. The molecule has 0 spiro atoms. The minimum absolute atomic E-state index is 0.225. The van der Waals surface area contributed by atoms with Crippen molar-refractivity contribution >= 4 is 11.6 Å². The molecule has 1 aromatic heterocycles. The van der Waals surface area contributed by atoms with Crippen molar-refractivity contribution in [3.8, 4) is 17.2 Å². The molecule has 1 unspecified atom stereocenters. The van der Waals surface area contributed by atoms with E-state index in [1.54, 1.807) is 12.4 Å². The lowest BCUT2D eigenvalue weighted by atomic mass is 10.00. The number of hydrogen-bond acceptors (Lipinski definition) is 6. The molecule has 0 saturated carbocycles. The Hall–Kier alpha value is -2.80. The fourth-order valence-corrected chi connectivity index (χ4v) is 4.05. The number of hydrogen-bond donors (Lipinski definition) is 1. The summed E-state index contributed by atoms with van der Waals surface area (Å²) in [5.41, 5.74) is 3.65. The number of benzene rings is 2. The minimum Gasteiger partial charge on any atom is -0.492 e. The van der Waals surface area contributed by atoms with E-state index in [9.17, 15) is 5.11 Å². The van der Waals surface area contributed by atoms with Crippen LogP contribution in [0.2, 0.25) is 5.02 Å². The SMILES string of the molecule is OC(c1ccncc1)c1ccc2c(c1)CN(Cc1cc3c(cc1Cl)OCO3)CCO2. The summed E-state index contributed by atoms with van der Waals surface area (Å²) in [6.45, 7) is 2.93. The molecule has 0 radical (unpaired) electrons. The van der Waals surface area contributed by atoms with Gasteiger partial charge in [0.1, 0.15) is 18.5 Å². The van der Waals surface area contributed by atoms with Gasteiger partial charge in [0.15, 0.2) is 11.5 Å². The van der Waals surface area contributed by atoms with Gasteiger partial charge in [-0.05, 0) is 47.0 Å². The van der Waals surface area contributed by atoms with Crippen molar-refractivity contribution in [3.63, 3.8) is 0 Å². The number of aliphatic hydroxyl groups is 1. The van der Waals surface area contributed by atoms with Crippen molar-refractivity contribution in [1.29, 1.82) is 0 Å². The second-order valence-electron chi connectivity index (χ2n) is 7.41. The fourth-order valence-electron chi connectivity index (χ4n) is 3.83. The molecule has 0 bridgehead atoms. The zero-order valence-corrected chi connectivity index (χ0v) is 17.0. The Balaban J connectivity index is 1.38. The van der Waals surface area contributed by atoms with Crippen LogP contribution in [0.15, 0.2) is 54.9 Å². The summed E-state index contributed by atoms with van der Waals surface area (Å²) in [5.74, 6) is 2.26. The summed E-state index contributed by atoms with van der Waals surface area (Å²) in [6.07, 6.45) is 2.66. The quantitative estimate of drug-likeness (QED) is 0.684. The average molecular weight is 425 g/mol. The van der Waals surface area contributed by atoms with Gasteiger partial charge in [-0.2, -0.15) is 0 Å². The maximum absolute atomic E-state index is 10.8. The highest BCUT2D eigenvalue weighted by Gasteiger charge is 2.21. The Morgan fingerprint density at radius 2 is 1.77 bits per heavy atom. The van der Waals surface area contributed by atoms with E-state index in [0.717, 1.165) is 40.3 Å². The van der Waals surface area contributed by atoms with E-state index in [1.807, 2.05) is 42.5 Å². The van der Waals surface area contributed by atoms with E-state index >= 15 is 0 Å². The number of ether oxygens (including phenoxy) is 3. The molecule has 0 fully saturated rings. The second kappa shape index (κ2) is 8.14. The molecule has 1 N–H and O–H groups in total. The minimum atomic E-state index is -0.710. The molecule has 0 aliphatic carbocycles. The molecule has 2 aromatic carbocycles. The Labute approximate surface area is 179 Å². The maximum atomic E-state index is 10.8. The number of rotatable bonds is 4. The van der Waals surface area contributed by atoms with Gasteiger partial charge >= 0.3 is 0 Å². The average Bonchev–Trinajstić information content (AvgIpc) is 3.11. The lowest BCUT2D eigenvalue weighted by Gasteiger charge is -2.21. The Kier molecular flexibility index (Phi) is 5.21. The van der Waals surface area contributed by atoms with Crippen LogP contribution in [-0.4, -0.2) is 34.9 Å². The third kappa shape index (κ3) is 3.81. The van der Waals surface area contributed by atoms with E-state index in [2.05, 4.69) is 9.88 Å². The highest BCUT2D eigenvalue weighted by molar-refractivity contribution is 6.31. The normalized spacial score (nSPS) is 16.5. The molecule has 7 heteroatoms. The lowest BCUT2D eigenvalue weighted by molar-refractivity contribution is 0.174. The first-order chi connectivity index (χ1) is 14.7. The summed E-state index contributed by atoms with van der Waals surface area (Å²) in [4.78, 5) is 6.29. The first-order valence-electron chi connectivity index (χ1n) is 9.81. The fraction of sp³-hybridized carbons (Fsp3) is 0.261. The predicted molar refractivity (Wildman–Crippen MR) is 112 cm³/mol. The number of aliphatic hydroxyl groups excluding tert-OH is 1. The molecule has 2 aliphatic heterocycles. The monoisotopic (exact) mass is 424 g/mol. The molecule has 1 atom stereocenters. The van der Waals surface area contributed by atoms with E-state index < -0.39 is 6.10 Å². The summed E-state index contributed by atoms with van der Waals surface area (Å²) in [5, 5.41) is 11.4. The van der Waals surface area contributed by atoms with Crippen molar-refractivity contribution in [3.05, 3.63) is 82.1 Å². The number of nitrogens with zero attached hydrogens (tertiary/aromatic N) is 2. The first-order valence-corrected chi connectivity index (χ1v) is 10.2. The van der Waals surface area contributed by atoms with Gasteiger partial charge in [-0.3, -0.25) is 9.88 Å². The van der Waals surface area contributed by atoms with E-state index in [4.69, 9.17) is 25.8 Å². The molecule has 154 valence electrons. The zero-order chi connectivity index (χ0) is 20.5. The molecule has 3 aromatic rings. The Morgan fingerprint density at radius 3 is 2.60 bits per heavy atom. The molecule has 3 heterocycles. The predicted octanol–water partition coefficient (Wildman–Crippen LogP) is 3.94. The van der Waals surface area contributed by atoms with Crippen LogP contribution in [0.5, 0.6) is 17.2 Å². The first kappa shape index (κ1) is 19.2. The number of halogens is 1. The molecule has 0 saturated heterocycles. The van der Waals surface area contributed by atoms with Crippen LogP contribution < -0.4 is 14.2 Å². The Morgan fingerprint density at radius 1 is 0.967 bits per heavy atom. The number of pyridine rings is 1. The maximum Gasteiger partial charge on any atom is 0.231 e. The van der Waals surface area contributed by atoms with E-state index in [-0.39, 0.29) is 6.79 Å². The molecule has 5 rings (SSSR count). The second-order valence-corrected chi connectivity index (χ2v) is 7.81. The molecule has 30 heavy (non-hydrogen) atoms. The van der Waals surface area contributed by atoms with Gasteiger partial charge in [-0.25, -0.2) is 0 Å². The zero-order valence-electron chi connectivity index (χ0n) is 16.3. The summed E-state index contributed by atoms with van der Waals surface area (Å²) >= 11 is 6.47.